The average Bonchev–Trinajstić information content (AvgIpc) is 3.08. The summed E-state index contributed by atoms with van der Waals surface area (Å²) in [5.74, 6) is 0.672. The molecule has 2 aliphatic heterocycles. The lowest BCUT2D eigenvalue weighted by molar-refractivity contribution is 0.0986. The van der Waals surface area contributed by atoms with Gasteiger partial charge in [-0.15, -0.1) is 5.10 Å². The van der Waals surface area contributed by atoms with E-state index in [0.717, 1.165) is 36.9 Å². The van der Waals surface area contributed by atoms with Crippen molar-refractivity contribution in [3.63, 3.8) is 0 Å². The number of aromatic amines is 1. The molecule has 4 heterocycles. The molecule has 0 unspecified atom stereocenters. The van der Waals surface area contributed by atoms with E-state index in [1.54, 1.807) is 12.3 Å². The number of benzene rings is 1. The van der Waals surface area contributed by atoms with Crippen LogP contribution in [0.5, 0.6) is 0 Å². The van der Waals surface area contributed by atoms with Crippen molar-refractivity contribution in [3.8, 4) is 5.69 Å². The molecule has 0 amide bonds. The molecule has 2 saturated heterocycles. The number of morpholine rings is 1. The molecule has 3 aromatic rings. The van der Waals surface area contributed by atoms with Crippen molar-refractivity contribution in [2.75, 3.05) is 18.1 Å². The standard InChI is InChI=1S/C20H20FN5O2/c1-10-4-12(11-2-3-11)5-16(21)17(10)26-8-15-18(24-26)22-20(23-19(15)27)25-7-14-6-13(25)9-28-14/h4-5,8,11,13-14H,2-3,6-7,9H2,1H3,(H,22,23,24,27)/t13-,14-/m1/s1. The number of aromatic nitrogens is 4. The van der Waals surface area contributed by atoms with Gasteiger partial charge in [0.25, 0.3) is 5.56 Å². The zero-order valence-electron chi connectivity index (χ0n) is 15.5. The Balaban J connectivity index is 1.44. The van der Waals surface area contributed by atoms with Crippen LogP contribution in [0.2, 0.25) is 0 Å². The lowest BCUT2D eigenvalue weighted by atomic mass is 10.1. The fourth-order valence-electron chi connectivity index (χ4n) is 4.52. The van der Waals surface area contributed by atoms with E-state index in [-0.39, 0.29) is 23.5 Å². The van der Waals surface area contributed by atoms with Gasteiger partial charge in [0.15, 0.2) is 5.65 Å². The van der Waals surface area contributed by atoms with Gasteiger partial charge < -0.3 is 9.64 Å². The molecule has 3 fully saturated rings. The van der Waals surface area contributed by atoms with Gasteiger partial charge in [0.05, 0.1) is 18.8 Å². The highest BCUT2D eigenvalue weighted by atomic mass is 19.1. The predicted molar refractivity (Wildman–Crippen MR) is 102 cm³/mol. The van der Waals surface area contributed by atoms with Gasteiger partial charge in [-0.25, -0.2) is 9.07 Å². The number of nitrogens with zero attached hydrogens (tertiary/aromatic N) is 4. The SMILES string of the molecule is Cc1cc(C2CC2)cc(F)c1-n1cc2c(=O)[nH]c(N3C[C@H]4C[C@@H]3CO4)nc2n1. The molecule has 8 heteroatoms. The smallest absolute Gasteiger partial charge is 0.263 e. The van der Waals surface area contributed by atoms with E-state index in [9.17, 15) is 9.18 Å². The largest absolute Gasteiger partial charge is 0.374 e. The molecule has 1 aliphatic carbocycles. The summed E-state index contributed by atoms with van der Waals surface area (Å²) in [7, 11) is 0. The number of ether oxygens (including phenoxy) is 1. The molecule has 2 aromatic heterocycles. The van der Waals surface area contributed by atoms with Gasteiger partial charge >= 0.3 is 0 Å². The van der Waals surface area contributed by atoms with Crippen molar-refractivity contribution >= 4 is 17.0 Å². The summed E-state index contributed by atoms with van der Waals surface area (Å²) in [6.07, 6.45) is 4.95. The maximum absolute atomic E-state index is 14.9. The Morgan fingerprint density at radius 1 is 1.32 bits per heavy atom. The molecule has 7 nitrogen and oxygen atoms in total. The van der Waals surface area contributed by atoms with Crippen LogP contribution in [0.25, 0.3) is 16.7 Å². The molecule has 2 atom stereocenters. The topological polar surface area (TPSA) is 76.0 Å². The lowest BCUT2D eigenvalue weighted by Crippen LogP contribution is -2.38. The minimum atomic E-state index is -0.319. The highest BCUT2D eigenvalue weighted by Gasteiger charge is 2.40. The Morgan fingerprint density at radius 3 is 2.86 bits per heavy atom. The Morgan fingerprint density at radius 2 is 2.18 bits per heavy atom. The van der Waals surface area contributed by atoms with E-state index in [0.29, 0.717) is 35.2 Å². The summed E-state index contributed by atoms with van der Waals surface area (Å²) in [6.45, 7) is 3.25. The van der Waals surface area contributed by atoms with Crippen LogP contribution in [0, 0.1) is 12.7 Å². The monoisotopic (exact) mass is 381 g/mol. The Labute approximate surface area is 160 Å². The van der Waals surface area contributed by atoms with Crippen molar-refractivity contribution in [1.29, 1.82) is 0 Å². The van der Waals surface area contributed by atoms with Crippen LogP contribution >= 0.6 is 0 Å². The molecule has 2 bridgehead atoms. The molecule has 28 heavy (non-hydrogen) atoms. The number of aryl methyl sites for hydroxylation is 1. The van der Waals surface area contributed by atoms with Crippen molar-refractivity contribution in [3.05, 3.63) is 45.6 Å². The van der Waals surface area contributed by atoms with Crippen molar-refractivity contribution in [1.82, 2.24) is 19.7 Å². The minimum absolute atomic E-state index is 0.199. The van der Waals surface area contributed by atoms with E-state index in [1.807, 2.05) is 13.0 Å². The fraction of sp³-hybridized carbons (Fsp3) is 0.450. The Kier molecular flexibility index (Phi) is 3.27. The molecule has 6 rings (SSSR count). The zero-order valence-corrected chi connectivity index (χ0v) is 15.5. The second-order valence-corrected chi connectivity index (χ2v) is 8.14. The number of H-pyrrole nitrogens is 1. The van der Waals surface area contributed by atoms with Gasteiger partial charge in [-0.05, 0) is 49.3 Å². The summed E-state index contributed by atoms with van der Waals surface area (Å²) in [5.41, 5.74) is 2.28. The maximum atomic E-state index is 14.9. The fourth-order valence-corrected chi connectivity index (χ4v) is 4.52. The molecule has 1 saturated carbocycles. The second-order valence-electron chi connectivity index (χ2n) is 8.14. The van der Waals surface area contributed by atoms with E-state index < -0.39 is 0 Å². The molecular formula is C20H20FN5O2. The van der Waals surface area contributed by atoms with Gasteiger partial charge in [0.2, 0.25) is 5.95 Å². The molecular weight excluding hydrogens is 361 g/mol. The van der Waals surface area contributed by atoms with E-state index in [4.69, 9.17) is 4.74 Å². The maximum Gasteiger partial charge on any atom is 0.263 e. The number of nitrogens with one attached hydrogen (secondary N) is 1. The first-order valence-electron chi connectivity index (χ1n) is 9.75. The average molecular weight is 381 g/mol. The number of halogens is 1. The Hall–Kier alpha value is -2.74. The zero-order chi connectivity index (χ0) is 19.0. The first-order chi connectivity index (χ1) is 13.6. The summed E-state index contributed by atoms with van der Waals surface area (Å²) in [5, 5.41) is 4.79. The quantitative estimate of drug-likeness (QED) is 0.754. The summed E-state index contributed by atoms with van der Waals surface area (Å²) >= 11 is 0. The Bertz CT molecular complexity index is 1140. The van der Waals surface area contributed by atoms with E-state index >= 15 is 0 Å². The summed E-state index contributed by atoms with van der Waals surface area (Å²) in [4.78, 5) is 22.1. The van der Waals surface area contributed by atoms with Gasteiger partial charge in [0, 0.05) is 12.7 Å². The van der Waals surface area contributed by atoms with Crippen LogP contribution in [0.1, 0.15) is 36.3 Å². The highest BCUT2D eigenvalue weighted by Crippen LogP contribution is 2.41. The minimum Gasteiger partial charge on any atom is -0.374 e. The van der Waals surface area contributed by atoms with Crippen molar-refractivity contribution in [2.45, 2.75) is 44.2 Å². The summed E-state index contributed by atoms with van der Waals surface area (Å²) < 4.78 is 21.9. The molecule has 144 valence electrons. The molecule has 1 N–H and O–H groups in total. The van der Waals surface area contributed by atoms with E-state index in [2.05, 4.69) is 20.0 Å². The van der Waals surface area contributed by atoms with Gasteiger partial charge in [-0.3, -0.25) is 9.78 Å². The third-order valence-corrected chi connectivity index (χ3v) is 6.10. The van der Waals surface area contributed by atoms with Crippen LogP contribution in [0.3, 0.4) is 0 Å². The number of hydrogen-bond acceptors (Lipinski definition) is 5. The molecule has 0 spiro atoms. The van der Waals surface area contributed by atoms with Crippen LogP contribution in [0.4, 0.5) is 10.3 Å². The van der Waals surface area contributed by atoms with Crippen molar-refractivity contribution in [2.24, 2.45) is 0 Å². The van der Waals surface area contributed by atoms with Gasteiger partial charge in [-0.2, -0.15) is 4.98 Å². The molecule has 1 aromatic carbocycles. The highest BCUT2D eigenvalue weighted by molar-refractivity contribution is 5.75. The predicted octanol–water partition coefficient (Wildman–Crippen LogP) is 2.41. The first kappa shape index (κ1) is 16.2. The van der Waals surface area contributed by atoms with Gasteiger partial charge in [-0.1, -0.05) is 6.07 Å². The molecule has 0 radical (unpaired) electrons. The normalized spacial score (nSPS) is 23.9. The lowest BCUT2D eigenvalue weighted by Gasteiger charge is -2.26. The number of fused-ring (bicyclic) bond motifs is 3. The van der Waals surface area contributed by atoms with Crippen LogP contribution in [0.15, 0.2) is 23.1 Å². The number of anilines is 1. The first-order valence-corrected chi connectivity index (χ1v) is 9.75. The van der Waals surface area contributed by atoms with E-state index in [1.165, 1.54) is 4.68 Å². The van der Waals surface area contributed by atoms with Crippen LogP contribution < -0.4 is 10.5 Å². The third-order valence-electron chi connectivity index (χ3n) is 6.10. The van der Waals surface area contributed by atoms with Crippen molar-refractivity contribution < 1.29 is 9.13 Å². The second kappa shape index (κ2) is 5.64. The third kappa shape index (κ3) is 2.40. The molecule has 3 aliphatic rings. The number of hydrogen-bond donors (Lipinski definition) is 1. The van der Waals surface area contributed by atoms with Crippen LogP contribution in [-0.2, 0) is 4.74 Å². The van der Waals surface area contributed by atoms with Crippen LogP contribution in [-0.4, -0.2) is 45.0 Å². The summed E-state index contributed by atoms with van der Waals surface area (Å²) in [6, 6.07) is 3.85. The number of rotatable bonds is 3. The van der Waals surface area contributed by atoms with Gasteiger partial charge in [0.1, 0.15) is 16.9 Å².